The highest BCUT2D eigenvalue weighted by molar-refractivity contribution is 5.15. The van der Waals surface area contributed by atoms with E-state index in [2.05, 4.69) is 26.8 Å². The number of nitrogens with two attached hydrogens (primary N) is 1. The average molecular weight is 211 g/mol. The summed E-state index contributed by atoms with van der Waals surface area (Å²) >= 11 is 0. The SMILES string of the molecule is COC(C(N)C1=CCCCC1)C(C)(C)C. The molecule has 0 fully saturated rings. The number of methoxy groups -OCH3 is 1. The maximum absolute atomic E-state index is 6.30. The van der Waals surface area contributed by atoms with Crippen molar-refractivity contribution in [2.24, 2.45) is 11.1 Å². The summed E-state index contributed by atoms with van der Waals surface area (Å²) in [7, 11) is 1.76. The minimum absolute atomic E-state index is 0.0651. The van der Waals surface area contributed by atoms with E-state index in [4.69, 9.17) is 10.5 Å². The summed E-state index contributed by atoms with van der Waals surface area (Å²) in [6, 6.07) is 0.0651. The van der Waals surface area contributed by atoms with Gasteiger partial charge in [0, 0.05) is 7.11 Å². The van der Waals surface area contributed by atoms with E-state index < -0.39 is 0 Å². The Morgan fingerprint density at radius 1 is 1.33 bits per heavy atom. The van der Waals surface area contributed by atoms with Crippen molar-refractivity contribution in [1.29, 1.82) is 0 Å². The summed E-state index contributed by atoms with van der Waals surface area (Å²) < 4.78 is 5.56. The smallest absolute Gasteiger partial charge is 0.0808 e. The highest BCUT2D eigenvalue weighted by Crippen LogP contribution is 2.29. The molecule has 2 nitrogen and oxygen atoms in total. The Hall–Kier alpha value is -0.340. The van der Waals surface area contributed by atoms with Crippen LogP contribution in [0.5, 0.6) is 0 Å². The zero-order valence-electron chi connectivity index (χ0n) is 10.5. The molecule has 2 atom stereocenters. The summed E-state index contributed by atoms with van der Waals surface area (Å²) in [4.78, 5) is 0. The van der Waals surface area contributed by atoms with Gasteiger partial charge in [-0.15, -0.1) is 0 Å². The van der Waals surface area contributed by atoms with Crippen LogP contribution in [0.2, 0.25) is 0 Å². The number of allylic oxidation sites excluding steroid dienone is 1. The molecule has 0 spiro atoms. The van der Waals surface area contributed by atoms with Crippen LogP contribution in [0, 0.1) is 5.41 Å². The summed E-state index contributed by atoms with van der Waals surface area (Å²) in [5, 5.41) is 0. The van der Waals surface area contributed by atoms with Crippen LogP contribution < -0.4 is 5.73 Å². The fourth-order valence-corrected chi connectivity index (χ4v) is 2.40. The molecule has 1 aliphatic carbocycles. The molecular formula is C13H25NO. The average Bonchev–Trinajstić information content (AvgIpc) is 2.18. The lowest BCUT2D eigenvalue weighted by Gasteiger charge is -2.36. The van der Waals surface area contributed by atoms with Crippen molar-refractivity contribution in [2.75, 3.05) is 7.11 Å². The normalized spacial score (nSPS) is 22.1. The van der Waals surface area contributed by atoms with E-state index in [1.54, 1.807) is 7.11 Å². The molecule has 2 unspecified atom stereocenters. The van der Waals surface area contributed by atoms with Crippen molar-refractivity contribution in [3.63, 3.8) is 0 Å². The quantitative estimate of drug-likeness (QED) is 0.729. The number of ether oxygens (including phenoxy) is 1. The molecule has 0 saturated heterocycles. The topological polar surface area (TPSA) is 35.2 Å². The zero-order chi connectivity index (χ0) is 11.5. The minimum Gasteiger partial charge on any atom is -0.379 e. The van der Waals surface area contributed by atoms with Crippen LogP contribution in [-0.2, 0) is 4.74 Å². The molecule has 15 heavy (non-hydrogen) atoms. The maximum atomic E-state index is 6.30. The summed E-state index contributed by atoms with van der Waals surface area (Å²) in [6.07, 6.45) is 7.35. The molecule has 0 heterocycles. The molecule has 0 radical (unpaired) electrons. The summed E-state index contributed by atoms with van der Waals surface area (Å²) in [5.74, 6) is 0. The lowest BCUT2D eigenvalue weighted by Crippen LogP contribution is -2.46. The van der Waals surface area contributed by atoms with Gasteiger partial charge in [-0.3, -0.25) is 0 Å². The highest BCUT2D eigenvalue weighted by atomic mass is 16.5. The van der Waals surface area contributed by atoms with Gasteiger partial charge in [0.05, 0.1) is 12.1 Å². The summed E-state index contributed by atoms with van der Waals surface area (Å²) in [6.45, 7) is 6.55. The van der Waals surface area contributed by atoms with Crippen molar-refractivity contribution in [3.05, 3.63) is 11.6 Å². The Kier molecular flexibility index (Phi) is 4.35. The first-order valence-corrected chi connectivity index (χ1v) is 5.94. The maximum Gasteiger partial charge on any atom is 0.0808 e. The molecule has 2 N–H and O–H groups in total. The van der Waals surface area contributed by atoms with Crippen molar-refractivity contribution >= 4 is 0 Å². The van der Waals surface area contributed by atoms with Gasteiger partial charge in [-0.25, -0.2) is 0 Å². The standard InChI is InChI=1S/C13H25NO/c1-13(2,3)12(15-4)11(14)10-8-6-5-7-9-10/h8,11-12H,5-7,9,14H2,1-4H3. The van der Waals surface area contributed by atoms with E-state index >= 15 is 0 Å². The fourth-order valence-electron chi connectivity index (χ4n) is 2.40. The van der Waals surface area contributed by atoms with Gasteiger partial charge in [0.25, 0.3) is 0 Å². The molecule has 88 valence electrons. The predicted molar refractivity (Wildman–Crippen MR) is 64.8 cm³/mol. The van der Waals surface area contributed by atoms with Gasteiger partial charge >= 0.3 is 0 Å². The molecule has 0 saturated carbocycles. The van der Waals surface area contributed by atoms with E-state index in [0.29, 0.717) is 0 Å². The van der Waals surface area contributed by atoms with E-state index in [0.717, 1.165) is 6.42 Å². The van der Waals surface area contributed by atoms with Gasteiger partial charge in [0.15, 0.2) is 0 Å². The predicted octanol–water partition coefficient (Wildman–Crippen LogP) is 2.88. The first-order chi connectivity index (χ1) is 6.96. The van der Waals surface area contributed by atoms with Crippen LogP contribution in [0.25, 0.3) is 0 Å². The van der Waals surface area contributed by atoms with Gasteiger partial charge in [0.2, 0.25) is 0 Å². The Labute approximate surface area is 93.9 Å². The fraction of sp³-hybridized carbons (Fsp3) is 0.846. The lowest BCUT2D eigenvalue weighted by atomic mass is 9.80. The second-order valence-electron chi connectivity index (χ2n) is 5.57. The molecule has 0 amide bonds. The van der Waals surface area contributed by atoms with Crippen LogP contribution in [-0.4, -0.2) is 19.3 Å². The van der Waals surface area contributed by atoms with Crippen molar-refractivity contribution in [1.82, 2.24) is 0 Å². The molecule has 1 aliphatic rings. The van der Waals surface area contributed by atoms with Crippen molar-refractivity contribution < 1.29 is 4.74 Å². The largest absolute Gasteiger partial charge is 0.379 e. The Balaban J connectivity index is 2.72. The van der Waals surface area contributed by atoms with E-state index in [9.17, 15) is 0 Å². The van der Waals surface area contributed by atoms with Crippen LogP contribution >= 0.6 is 0 Å². The zero-order valence-corrected chi connectivity index (χ0v) is 10.5. The molecule has 0 aromatic heterocycles. The third-order valence-electron chi connectivity index (χ3n) is 3.19. The van der Waals surface area contributed by atoms with Gasteiger partial charge in [-0.05, 0) is 31.1 Å². The van der Waals surface area contributed by atoms with Gasteiger partial charge in [-0.2, -0.15) is 0 Å². The van der Waals surface area contributed by atoms with Crippen molar-refractivity contribution in [3.8, 4) is 0 Å². The second kappa shape index (κ2) is 5.13. The van der Waals surface area contributed by atoms with Crippen LogP contribution in [0.4, 0.5) is 0 Å². The Morgan fingerprint density at radius 2 is 2.00 bits per heavy atom. The van der Waals surface area contributed by atoms with Crippen LogP contribution in [0.1, 0.15) is 46.5 Å². The lowest BCUT2D eigenvalue weighted by molar-refractivity contribution is 0.00509. The monoisotopic (exact) mass is 211 g/mol. The van der Waals surface area contributed by atoms with Crippen LogP contribution in [0.3, 0.4) is 0 Å². The minimum atomic E-state index is 0.0651. The van der Waals surface area contributed by atoms with Crippen LogP contribution in [0.15, 0.2) is 11.6 Å². The summed E-state index contributed by atoms with van der Waals surface area (Å²) in [5.41, 5.74) is 7.79. The molecule has 2 heteroatoms. The van der Waals surface area contributed by atoms with Gasteiger partial charge < -0.3 is 10.5 Å². The molecule has 1 rings (SSSR count). The van der Waals surface area contributed by atoms with Crippen molar-refractivity contribution in [2.45, 2.75) is 58.6 Å². The Bertz CT molecular complexity index is 227. The molecule has 0 bridgehead atoms. The van der Waals surface area contributed by atoms with Gasteiger partial charge in [-0.1, -0.05) is 32.4 Å². The van der Waals surface area contributed by atoms with E-state index in [1.807, 2.05) is 0 Å². The highest BCUT2D eigenvalue weighted by Gasteiger charge is 2.32. The Morgan fingerprint density at radius 3 is 2.40 bits per heavy atom. The molecule has 0 aromatic rings. The first kappa shape index (κ1) is 12.7. The number of hydrogen-bond donors (Lipinski definition) is 1. The number of rotatable bonds is 3. The molecular weight excluding hydrogens is 186 g/mol. The molecule has 0 aliphatic heterocycles. The van der Waals surface area contributed by atoms with E-state index in [-0.39, 0.29) is 17.6 Å². The molecule has 0 aromatic carbocycles. The number of hydrogen-bond acceptors (Lipinski definition) is 2. The van der Waals surface area contributed by atoms with Gasteiger partial charge in [0.1, 0.15) is 0 Å². The first-order valence-electron chi connectivity index (χ1n) is 5.94. The third-order valence-corrected chi connectivity index (χ3v) is 3.19. The van der Waals surface area contributed by atoms with E-state index in [1.165, 1.54) is 24.8 Å². The third kappa shape index (κ3) is 3.32. The second-order valence-corrected chi connectivity index (χ2v) is 5.57.